The largest absolute Gasteiger partial charge is 0.396 e. The standard InChI is InChI=1S/C8H10BrN3O6/c9-6-7(12(16)17)10-2-11(6)8-5(15)4(14)3(1-13)18-8/h2-5,8,13-15H,1H2. The SMILES string of the molecule is O=[N+]([O-])c1ncn(C2OC(CO)C(O)C2O)c1Br. The molecule has 2 rings (SSSR count). The zero-order valence-electron chi connectivity index (χ0n) is 8.88. The molecule has 1 fully saturated rings. The van der Waals surface area contributed by atoms with E-state index in [1.165, 1.54) is 4.57 Å². The summed E-state index contributed by atoms with van der Waals surface area (Å²) in [6.45, 7) is -0.469. The van der Waals surface area contributed by atoms with Crippen molar-refractivity contribution in [2.45, 2.75) is 24.5 Å². The van der Waals surface area contributed by atoms with Crippen LogP contribution < -0.4 is 0 Å². The molecule has 0 spiro atoms. The van der Waals surface area contributed by atoms with Crippen LogP contribution >= 0.6 is 15.9 Å². The fourth-order valence-corrected chi connectivity index (χ4v) is 2.29. The highest BCUT2D eigenvalue weighted by molar-refractivity contribution is 9.10. The molecule has 100 valence electrons. The van der Waals surface area contributed by atoms with Crippen LogP contribution in [-0.2, 0) is 4.74 Å². The first-order chi connectivity index (χ1) is 8.47. The first kappa shape index (κ1) is 13.4. The molecule has 1 aliphatic heterocycles. The molecule has 3 N–H and O–H groups in total. The van der Waals surface area contributed by atoms with E-state index >= 15 is 0 Å². The smallest absolute Gasteiger partial charge is 0.394 e. The molecule has 1 saturated heterocycles. The first-order valence-corrected chi connectivity index (χ1v) is 5.75. The Balaban J connectivity index is 2.30. The Morgan fingerprint density at radius 3 is 2.67 bits per heavy atom. The van der Waals surface area contributed by atoms with Crippen LogP contribution in [0.5, 0.6) is 0 Å². The average molecular weight is 324 g/mol. The van der Waals surface area contributed by atoms with E-state index in [-0.39, 0.29) is 4.60 Å². The number of aliphatic hydroxyl groups is 3. The summed E-state index contributed by atoms with van der Waals surface area (Å²) in [4.78, 5) is 13.5. The topological polar surface area (TPSA) is 131 Å². The number of hydrogen-bond acceptors (Lipinski definition) is 7. The fourth-order valence-electron chi connectivity index (χ4n) is 1.75. The molecule has 4 atom stereocenters. The van der Waals surface area contributed by atoms with Crippen molar-refractivity contribution in [3.8, 4) is 0 Å². The third kappa shape index (κ3) is 2.01. The summed E-state index contributed by atoms with van der Waals surface area (Å²) in [6.07, 6.45) is -3.46. The molecule has 9 nitrogen and oxygen atoms in total. The van der Waals surface area contributed by atoms with Gasteiger partial charge in [0.25, 0.3) is 0 Å². The average Bonchev–Trinajstić information content (AvgIpc) is 2.82. The number of aromatic nitrogens is 2. The van der Waals surface area contributed by atoms with Crippen molar-refractivity contribution in [2.75, 3.05) is 6.61 Å². The predicted molar refractivity (Wildman–Crippen MR) is 59.6 cm³/mol. The number of nitrogens with zero attached hydrogens (tertiary/aromatic N) is 3. The molecule has 0 aliphatic carbocycles. The molecule has 0 radical (unpaired) electrons. The molecule has 4 unspecified atom stereocenters. The van der Waals surface area contributed by atoms with E-state index in [2.05, 4.69) is 20.9 Å². The van der Waals surface area contributed by atoms with Crippen LogP contribution in [0.4, 0.5) is 5.82 Å². The molecular formula is C8H10BrN3O6. The molecular weight excluding hydrogens is 314 g/mol. The Hall–Kier alpha value is -1.07. The van der Waals surface area contributed by atoms with Crippen LogP contribution in [0.25, 0.3) is 0 Å². The van der Waals surface area contributed by atoms with Gasteiger partial charge >= 0.3 is 5.82 Å². The van der Waals surface area contributed by atoms with E-state index in [0.717, 1.165) is 6.33 Å². The van der Waals surface area contributed by atoms with Crippen LogP contribution in [0.3, 0.4) is 0 Å². The molecule has 1 aromatic heterocycles. The summed E-state index contributed by atoms with van der Waals surface area (Å²) in [5, 5.41) is 38.9. The lowest BCUT2D eigenvalue weighted by atomic mass is 10.1. The van der Waals surface area contributed by atoms with Crippen molar-refractivity contribution in [2.24, 2.45) is 0 Å². The molecule has 10 heteroatoms. The van der Waals surface area contributed by atoms with Gasteiger partial charge in [0.2, 0.25) is 6.33 Å². The molecule has 18 heavy (non-hydrogen) atoms. The lowest BCUT2D eigenvalue weighted by Crippen LogP contribution is -2.33. The van der Waals surface area contributed by atoms with E-state index in [0.29, 0.717) is 0 Å². The number of ether oxygens (including phenoxy) is 1. The van der Waals surface area contributed by atoms with Gasteiger partial charge in [-0.15, -0.1) is 0 Å². The van der Waals surface area contributed by atoms with Crippen LogP contribution in [0.15, 0.2) is 10.9 Å². The second-order valence-electron chi connectivity index (χ2n) is 3.75. The summed E-state index contributed by atoms with van der Waals surface area (Å²) in [7, 11) is 0. The summed E-state index contributed by atoms with van der Waals surface area (Å²) in [5.74, 6) is -0.423. The third-order valence-corrected chi connectivity index (χ3v) is 3.44. The first-order valence-electron chi connectivity index (χ1n) is 4.96. The van der Waals surface area contributed by atoms with Gasteiger partial charge in [-0.05, 0) is 25.8 Å². The second-order valence-corrected chi connectivity index (χ2v) is 4.50. The summed E-state index contributed by atoms with van der Waals surface area (Å²) in [5.41, 5.74) is 0. The quantitative estimate of drug-likeness (QED) is 0.488. The Labute approximate surface area is 109 Å². The maximum Gasteiger partial charge on any atom is 0.396 e. The Morgan fingerprint density at radius 1 is 1.56 bits per heavy atom. The van der Waals surface area contributed by atoms with E-state index in [4.69, 9.17) is 9.84 Å². The van der Waals surface area contributed by atoms with Gasteiger partial charge in [-0.25, -0.2) is 0 Å². The molecule has 0 bridgehead atoms. The van der Waals surface area contributed by atoms with Crippen molar-refractivity contribution in [1.82, 2.24) is 9.55 Å². The van der Waals surface area contributed by atoms with E-state index in [9.17, 15) is 20.3 Å². The molecule has 2 heterocycles. The summed E-state index contributed by atoms with van der Waals surface area (Å²) in [6, 6.07) is 0. The fraction of sp³-hybridized carbons (Fsp3) is 0.625. The van der Waals surface area contributed by atoms with E-state index < -0.39 is 41.9 Å². The molecule has 0 saturated carbocycles. The third-order valence-electron chi connectivity index (χ3n) is 2.68. The van der Waals surface area contributed by atoms with Crippen LogP contribution in [0, 0.1) is 10.1 Å². The van der Waals surface area contributed by atoms with Crippen molar-refractivity contribution in [3.05, 3.63) is 21.0 Å². The minimum Gasteiger partial charge on any atom is -0.394 e. The Kier molecular flexibility index (Phi) is 3.64. The van der Waals surface area contributed by atoms with Crippen LogP contribution in [-0.4, -0.2) is 54.7 Å². The van der Waals surface area contributed by atoms with Crippen LogP contribution in [0.2, 0.25) is 0 Å². The Morgan fingerprint density at radius 2 is 2.22 bits per heavy atom. The molecule has 1 aromatic rings. The monoisotopic (exact) mass is 323 g/mol. The maximum atomic E-state index is 10.6. The minimum atomic E-state index is -1.31. The number of halogens is 1. The van der Waals surface area contributed by atoms with Crippen molar-refractivity contribution < 1.29 is 25.0 Å². The number of hydrogen-bond donors (Lipinski definition) is 3. The van der Waals surface area contributed by atoms with Gasteiger partial charge in [0.1, 0.15) is 18.3 Å². The zero-order chi connectivity index (χ0) is 13.4. The summed E-state index contributed by atoms with van der Waals surface area (Å²) < 4.78 is 6.41. The maximum absolute atomic E-state index is 10.6. The number of imidazole rings is 1. The van der Waals surface area contributed by atoms with Gasteiger partial charge in [-0.1, -0.05) is 0 Å². The van der Waals surface area contributed by atoms with Gasteiger partial charge in [-0.2, -0.15) is 0 Å². The van der Waals surface area contributed by atoms with Gasteiger partial charge < -0.3 is 30.2 Å². The lowest BCUT2D eigenvalue weighted by Gasteiger charge is -2.15. The van der Waals surface area contributed by atoms with E-state index in [1.807, 2.05) is 0 Å². The molecule has 0 aromatic carbocycles. The predicted octanol–water partition coefficient (Wildman–Crippen LogP) is -0.835. The Bertz CT molecular complexity index is 466. The molecule has 0 amide bonds. The second kappa shape index (κ2) is 4.90. The van der Waals surface area contributed by atoms with Crippen LogP contribution in [0.1, 0.15) is 6.23 Å². The highest BCUT2D eigenvalue weighted by atomic mass is 79.9. The highest BCUT2D eigenvalue weighted by Gasteiger charge is 2.45. The van der Waals surface area contributed by atoms with Crippen molar-refractivity contribution in [3.63, 3.8) is 0 Å². The van der Waals surface area contributed by atoms with E-state index in [1.54, 1.807) is 0 Å². The highest BCUT2D eigenvalue weighted by Crippen LogP contribution is 2.34. The summed E-state index contributed by atoms with van der Waals surface area (Å²) >= 11 is 2.97. The zero-order valence-corrected chi connectivity index (χ0v) is 10.5. The molecule has 1 aliphatic rings. The number of aliphatic hydroxyl groups excluding tert-OH is 3. The van der Waals surface area contributed by atoms with Crippen molar-refractivity contribution in [1.29, 1.82) is 0 Å². The normalized spacial score (nSPS) is 31.8. The lowest BCUT2D eigenvalue weighted by molar-refractivity contribution is -0.390. The minimum absolute atomic E-state index is 0.0161. The van der Waals surface area contributed by atoms with Gasteiger partial charge in [0.05, 0.1) is 6.61 Å². The van der Waals surface area contributed by atoms with Crippen molar-refractivity contribution >= 4 is 21.7 Å². The number of nitro groups is 1. The van der Waals surface area contributed by atoms with Gasteiger partial charge in [0.15, 0.2) is 10.8 Å². The van der Waals surface area contributed by atoms with Gasteiger partial charge in [0, 0.05) is 0 Å². The number of rotatable bonds is 3. The van der Waals surface area contributed by atoms with Gasteiger partial charge in [-0.3, -0.25) is 4.57 Å².